The summed E-state index contributed by atoms with van der Waals surface area (Å²) in [5, 5.41) is 3.39. The lowest BCUT2D eigenvalue weighted by Gasteiger charge is -2.38. The Kier molecular flexibility index (Phi) is 6.30. The average molecular weight is 431 g/mol. The maximum atomic E-state index is 12.1. The Morgan fingerprint density at radius 1 is 1.19 bits per heavy atom. The number of pyridine rings is 1. The molecule has 32 heavy (non-hydrogen) atoms. The van der Waals surface area contributed by atoms with Crippen LogP contribution in [0.2, 0.25) is 0 Å². The van der Waals surface area contributed by atoms with Crippen LogP contribution in [0.3, 0.4) is 0 Å². The number of nitrogens with one attached hydrogen (secondary N) is 1. The summed E-state index contributed by atoms with van der Waals surface area (Å²) in [5.41, 5.74) is 7.33. The number of fused-ring (bicyclic) bond motifs is 1. The number of carbonyl (C=O) groups excluding carboxylic acids is 1. The molecule has 0 spiro atoms. The van der Waals surface area contributed by atoms with Gasteiger partial charge in [-0.05, 0) is 68.7 Å². The second-order valence-electron chi connectivity index (χ2n) is 8.31. The van der Waals surface area contributed by atoms with E-state index in [-0.39, 0.29) is 5.97 Å². The van der Waals surface area contributed by atoms with E-state index in [4.69, 9.17) is 4.74 Å². The minimum atomic E-state index is -0.370. The SMILES string of the molecule is COC(=O)c1ccncc1NCN1c2ccc(N(C)c3ccc(C)cc3)cc2CC[C@H]1C. The van der Waals surface area contributed by atoms with Crippen molar-refractivity contribution in [2.45, 2.75) is 32.7 Å². The van der Waals surface area contributed by atoms with Crippen molar-refractivity contribution in [3.63, 3.8) is 0 Å². The normalized spacial score (nSPS) is 15.1. The minimum absolute atomic E-state index is 0.370. The van der Waals surface area contributed by atoms with Gasteiger partial charge in [0.05, 0.1) is 31.2 Å². The molecule has 2 aromatic carbocycles. The van der Waals surface area contributed by atoms with Gasteiger partial charge in [0.2, 0.25) is 0 Å². The van der Waals surface area contributed by atoms with Gasteiger partial charge in [0.1, 0.15) is 0 Å². The molecule has 4 rings (SSSR count). The quantitative estimate of drug-likeness (QED) is 0.546. The second kappa shape index (κ2) is 9.30. The molecule has 0 aliphatic carbocycles. The van der Waals surface area contributed by atoms with E-state index in [0.29, 0.717) is 24.0 Å². The molecular weight excluding hydrogens is 400 g/mol. The number of hydrogen-bond donors (Lipinski definition) is 1. The predicted octanol–water partition coefficient (Wildman–Crippen LogP) is 5.16. The van der Waals surface area contributed by atoms with Crippen molar-refractivity contribution in [2.75, 3.05) is 35.9 Å². The summed E-state index contributed by atoms with van der Waals surface area (Å²) < 4.78 is 4.90. The lowest BCUT2D eigenvalue weighted by atomic mass is 9.96. The van der Waals surface area contributed by atoms with Gasteiger partial charge in [0.15, 0.2) is 0 Å². The van der Waals surface area contributed by atoms with Crippen LogP contribution in [-0.4, -0.2) is 37.8 Å². The number of hydrogen-bond acceptors (Lipinski definition) is 6. The molecule has 166 valence electrons. The third-order valence-corrected chi connectivity index (χ3v) is 6.21. The number of aromatic nitrogens is 1. The van der Waals surface area contributed by atoms with Crippen LogP contribution in [0.4, 0.5) is 22.7 Å². The van der Waals surface area contributed by atoms with Gasteiger partial charge in [-0.3, -0.25) is 4.98 Å². The summed E-state index contributed by atoms with van der Waals surface area (Å²) >= 11 is 0. The van der Waals surface area contributed by atoms with Gasteiger partial charge >= 0.3 is 5.97 Å². The van der Waals surface area contributed by atoms with Crippen molar-refractivity contribution in [2.24, 2.45) is 0 Å². The molecule has 0 saturated heterocycles. The Balaban J connectivity index is 1.55. The van der Waals surface area contributed by atoms with E-state index >= 15 is 0 Å². The molecule has 1 N–H and O–H groups in total. The van der Waals surface area contributed by atoms with Crippen LogP contribution in [0, 0.1) is 6.92 Å². The highest BCUT2D eigenvalue weighted by atomic mass is 16.5. The van der Waals surface area contributed by atoms with E-state index in [0.717, 1.165) is 12.8 Å². The zero-order valence-corrected chi connectivity index (χ0v) is 19.1. The van der Waals surface area contributed by atoms with Crippen LogP contribution in [0.1, 0.15) is 34.8 Å². The number of anilines is 4. The van der Waals surface area contributed by atoms with Gasteiger partial charge < -0.3 is 19.9 Å². The number of methoxy groups -OCH3 is 1. The standard InChI is InChI=1S/C26H30N4O2/c1-18-5-9-21(10-6-18)29(3)22-11-12-25-20(15-22)8-7-19(2)30(25)17-28-24-16-27-14-13-23(24)26(31)32-4/h5-6,9-16,19,28H,7-8,17H2,1-4H3/t19-/m1/s1. The van der Waals surface area contributed by atoms with Crippen molar-refractivity contribution in [1.82, 2.24) is 4.98 Å². The molecule has 0 bridgehead atoms. The predicted molar refractivity (Wildman–Crippen MR) is 130 cm³/mol. The average Bonchev–Trinajstić information content (AvgIpc) is 2.83. The van der Waals surface area contributed by atoms with Gasteiger partial charge in [-0.1, -0.05) is 17.7 Å². The van der Waals surface area contributed by atoms with Crippen molar-refractivity contribution >= 4 is 28.7 Å². The Hall–Kier alpha value is -3.54. The van der Waals surface area contributed by atoms with Crippen molar-refractivity contribution in [1.29, 1.82) is 0 Å². The van der Waals surface area contributed by atoms with Crippen molar-refractivity contribution in [3.05, 3.63) is 77.6 Å². The van der Waals surface area contributed by atoms with Crippen LogP contribution >= 0.6 is 0 Å². The number of ether oxygens (including phenoxy) is 1. The number of benzene rings is 2. The zero-order chi connectivity index (χ0) is 22.7. The zero-order valence-electron chi connectivity index (χ0n) is 19.1. The maximum absolute atomic E-state index is 12.1. The van der Waals surface area contributed by atoms with Crippen molar-refractivity contribution in [3.8, 4) is 0 Å². The van der Waals surface area contributed by atoms with E-state index in [1.54, 1.807) is 18.5 Å². The Morgan fingerprint density at radius 2 is 1.94 bits per heavy atom. The van der Waals surface area contributed by atoms with Crippen LogP contribution in [0.15, 0.2) is 60.9 Å². The molecule has 0 radical (unpaired) electrons. The molecule has 1 aliphatic heterocycles. The van der Waals surface area contributed by atoms with E-state index in [2.05, 4.69) is 83.5 Å². The van der Waals surface area contributed by atoms with E-state index in [1.807, 2.05) is 0 Å². The largest absolute Gasteiger partial charge is 0.465 e. The summed E-state index contributed by atoms with van der Waals surface area (Å²) in [6.45, 7) is 4.92. The fourth-order valence-corrected chi connectivity index (χ4v) is 4.17. The first-order valence-corrected chi connectivity index (χ1v) is 10.9. The van der Waals surface area contributed by atoms with Crippen molar-refractivity contribution < 1.29 is 9.53 Å². The lowest BCUT2D eigenvalue weighted by Crippen LogP contribution is -2.41. The smallest absolute Gasteiger partial charge is 0.340 e. The highest BCUT2D eigenvalue weighted by Gasteiger charge is 2.24. The third kappa shape index (κ3) is 4.40. The molecule has 0 unspecified atom stereocenters. The number of esters is 1. The van der Waals surface area contributed by atoms with E-state index in [9.17, 15) is 4.79 Å². The summed E-state index contributed by atoms with van der Waals surface area (Å²) in [6.07, 6.45) is 5.38. The van der Waals surface area contributed by atoms with Gasteiger partial charge in [0, 0.05) is 36.3 Å². The first-order valence-electron chi connectivity index (χ1n) is 10.9. The fraction of sp³-hybridized carbons (Fsp3) is 0.308. The monoisotopic (exact) mass is 430 g/mol. The first-order chi connectivity index (χ1) is 15.5. The number of carbonyl (C=O) groups is 1. The minimum Gasteiger partial charge on any atom is -0.465 e. The Morgan fingerprint density at radius 3 is 2.69 bits per heavy atom. The van der Waals surface area contributed by atoms with Crippen LogP contribution < -0.4 is 15.1 Å². The molecule has 0 saturated carbocycles. The lowest BCUT2D eigenvalue weighted by molar-refractivity contribution is 0.0601. The van der Waals surface area contributed by atoms with Crippen LogP contribution in [0.5, 0.6) is 0 Å². The molecule has 3 aromatic rings. The summed E-state index contributed by atoms with van der Waals surface area (Å²) in [6, 6.07) is 17.3. The number of nitrogens with zero attached hydrogens (tertiary/aromatic N) is 3. The third-order valence-electron chi connectivity index (χ3n) is 6.21. The summed E-state index contributed by atoms with van der Waals surface area (Å²) in [7, 11) is 3.49. The number of rotatable bonds is 6. The van der Waals surface area contributed by atoms with E-state index < -0.39 is 0 Å². The van der Waals surface area contributed by atoms with Gasteiger partial charge in [-0.15, -0.1) is 0 Å². The molecule has 6 nitrogen and oxygen atoms in total. The molecule has 1 aromatic heterocycles. The summed E-state index contributed by atoms with van der Waals surface area (Å²) in [5.74, 6) is -0.370. The molecule has 0 amide bonds. The first kappa shape index (κ1) is 21.7. The molecule has 1 aliphatic rings. The summed E-state index contributed by atoms with van der Waals surface area (Å²) in [4.78, 5) is 20.8. The molecule has 2 heterocycles. The highest BCUT2D eigenvalue weighted by molar-refractivity contribution is 5.95. The molecule has 0 fully saturated rings. The van der Waals surface area contributed by atoms with Gasteiger partial charge in [0.25, 0.3) is 0 Å². The number of aryl methyl sites for hydroxylation is 2. The highest BCUT2D eigenvalue weighted by Crippen LogP contribution is 2.35. The van der Waals surface area contributed by atoms with Crippen LogP contribution in [-0.2, 0) is 11.2 Å². The van der Waals surface area contributed by atoms with Gasteiger partial charge in [-0.2, -0.15) is 0 Å². The fourth-order valence-electron chi connectivity index (χ4n) is 4.17. The molecule has 6 heteroatoms. The maximum Gasteiger partial charge on any atom is 0.340 e. The second-order valence-corrected chi connectivity index (χ2v) is 8.31. The van der Waals surface area contributed by atoms with E-state index in [1.165, 1.54) is 35.3 Å². The van der Waals surface area contributed by atoms with Gasteiger partial charge in [-0.25, -0.2) is 4.79 Å². The topological polar surface area (TPSA) is 57.7 Å². The molecular formula is C26H30N4O2. The van der Waals surface area contributed by atoms with Crippen LogP contribution in [0.25, 0.3) is 0 Å². The Bertz CT molecular complexity index is 1100. The Labute approximate surface area is 189 Å². The molecule has 1 atom stereocenters.